The van der Waals surface area contributed by atoms with Gasteiger partial charge in [-0.3, -0.25) is 19.4 Å². The number of nitrogens with zero attached hydrogens (tertiary/aromatic N) is 1. The van der Waals surface area contributed by atoms with Crippen molar-refractivity contribution < 1.29 is 18.8 Å². The van der Waals surface area contributed by atoms with Gasteiger partial charge in [0, 0.05) is 36.1 Å². The lowest BCUT2D eigenvalue weighted by atomic mass is 9.85. The van der Waals surface area contributed by atoms with Crippen molar-refractivity contribution in [3.8, 4) is 11.3 Å². The largest absolute Gasteiger partial charge is 0.351 e. The molecule has 0 aliphatic heterocycles. The van der Waals surface area contributed by atoms with Gasteiger partial charge in [0.15, 0.2) is 11.6 Å². The highest BCUT2D eigenvalue weighted by molar-refractivity contribution is 6.30. The monoisotopic (exact) mass is 458 g/mol. The van der Waals surface area contributed by atoms with Gasteiger partial charge in [0.1, 0.15) is 17.4 Å². The summed E-state index contributed by atoms with van der Waals surface area (Å²) in [6, 6.07) is 4.65. The Hall–Kier alpha value is -2.60. The highest BCUT2D eigenvalue weighted by atomic mass is 35.5. The standard InChI is InChI=1S/C25H28ClFN2O3/c1-6-25(4,5)29-20(31)10-16-9-19(30)22(24(16)32)21-13(2)7-15(8-14(21)3)23-18(27)11-17(26)12-28-23/h7-8,11-12,16,22H,6,9-10H2,1-5H3,(H,29,31). The zero-order chi connectivity index (χ0) is 23.8. The van der Waals surface area contributed by atoms with Gasteiger partial charge in [0.2, 0.25) is 5.91 Å². The van der Waals surface area contributed by atoms with E-state index in [9.17, 15) is 18.8 Å². The Morgan fingerprint density at radius 2 is 1.84 bits per heavy atom. The molecule has 1 aliphatic rings. The number of aryl methyl sites for hydroxylation is 2. The van der Waals surface area contributed by atoms with Crippen LogP contribution in [-0.4, -0.2) is 28.0 Å². The summed E-state index contributed by atoms with van der Waals surface area (Å²) in [6.07, 6.45) is 2.18. The van der Waals surface area contributed by atoms with Crippen LogP contribution in [0.15, 0.2) is 24.4 Å². The van der Waals surface area contributed by atoms with E-state index < -0.39 is 17.7 Å². The molecule has 3 rings (SSSR count). The third kappa shape index (κ3) is 4.90. The number of Topliss-reactive ketones (excluding diaryl/α,β-unsaturated/α-hetero) is 2. The number of benzene rings is 1. The molecular weight excluding hydrogens is 431 g/mol. The molecule has 1 saturated carbocycles. The first-order valence-corrected chi connectivity index (χ1v) is 11.1. The number of carbonyl (C=O) groups excluding carboxylic acids is 3. The van der Waals surface area contributed by atoms with Crippen LogP contribution in [0.1, 0.15) is 62.6 Å². The van der Waals surface area contributed by atoms with Crippen LogP contribution in [-0.2, 0) is 14.4 Å². The molecule has 0 saturated heterocycles. The number of carbonyl (C=O) groups is 3. The second-order valence-corrected chi connectivity index (χ2v) is 9.64. The fourth-order valence-electron chi connectivity index (χ4n) is 4.27. The summed E-state index contributed by atoms with van der Waals surface area (Å²) in [5.74, 6) is -2.71. The SMILES string of the molecule is CCC(C)(C)NC(=O)CC1CC(=O)C(c2c(C)cc(-c3ncc(Cl)cc3F)cc2C)C1=O. The average Bonchev–Trinajstić information content (AvgIpc) is 2.94. The number of hydrogen-bond donors (Lipinski definition) is 1. The number of halogens is 2. The highest BCUT2D eigenvalue weighted by Crippen LogP contribution is 2.39. The smallest absolute Gasteiger partial charge is 0.221 e. The van der Waals surface area contributed by atoms with Crippen molar-refractivity contribution in [2.24, 2.45) is 5.92 Å². The summed E-state index contributed by atoms with van der Waals surface area (Å²) in [4.78, 5) is 42.5. The van der Waals surface area contributed by atoms with Crippen LogP contribution in [0.4, 0.5) is 4.39 Å². The van der Waals surface area contributed by atoms with Crippen molar-refractivity contribution in [3.05, 3.63) is 51.9 Å². The number of rotatable bonds is 6. The first kappa shape index (κ1) is 24.1. The summed E-state index contributed by atoms with van der Waals surface area (Å²) in [7, 11) is 0. The molecule has 2 unspecified atom stereocenters. The van der Waals surface area contributed by atoms with E-state index in [2.05, 4.69) is 10.3 Å². The van der Waals surface area contributed by atoms with Gasteiger partial charge in [-0.05, 0) is 69.0 Å². The van der Waals surface area contributed by atoms with E-state index in [1.807, 2.05) is 20.8 Å². The van der Waals surface area contributed by atoms with E-state index >= 15 is 0 Å². The highest BCUT2D eigenvalue weighted by Gasteiger charge is 2.44. The van der Waals surface area contributed by atoms with Gasteiger partial charge >= 0.3 is 0 Å². The second kappa shape index (κ2) is 9.10. The number of ketones is 2. The summed E-state index contributed by atoms with van der Waals surface area (Å²) >= 11 is 5.80. The lowest BCUT2D eigenvalue weighted by Gasteiger charge is -2.25. The number of aromatic nitrogens is 1. The maximum Gasteiger partial charge on any atom is 0.221 e. The van der Waals surface area contributed by atoms with Crippen LogP contribution < -0.4 is 5.32 Å². The average molecular weight is 459 g/mol. The molecule has 0 bridgehead atoms. The molecule has 1 aromatic heterocycles. The van der Waals surface area contributed by atoms with Gasteiger partial charge in [0.05, 0.1) is 5.02 Å². The first-order valence-electron chi connectivity index (χ1n) is 10.7. The molecule has 1 aromatic carbocycles. The predicted octanol–water partition coefficient (Wildman–Crippen LogP) is 5.09. The Bertz CT molecular complexity index is 1070. The lowest BCUT2D eigenvalue weighted by Crippen LogP contribution is -2.43. The zero-order valence-corrected chi connectivity index (χ0v) is 19.8. The van der Waals surface area contributed by atoms with E-state index in [1.165, 1.54) is 12.3 Å². The molecular formula is C25H28ClFN2O3. The third-order valence-electron chi connectivity index (χ3n) is 6.21. The maximum atomic E-state index is 14.3. The summed E-state index contributed by atoms with van der Waals surface area (Å²) < 4.78 is 14.3. The van der Waals surface area contributed by atoms with Crippen LogP contribution in [0.3, 0.4) is 0 Å². The lowest BCUT2D eigenvalue weighted by molar-refractivity contribution is -0.129. The number of nitrogens with one attached hydrogen (secondary N) is 1. The molecule has 1 aliphatic carbocycles. The molecule has 7 heteroatoms. The maximum absolute atomic E-state index is 14.3. The van der Waals surface area contributed by atoms with Crippen molar-refractivity contribution >= 4 is 29.1 Å². The minimum absolute atomic E-state index is 0.000583. The quantitative estimate of drug-likeness (QED) is 0.611. The van der Waals surface area contributed by atoms with Crippen molar-refractivity contribution in [3.63, 3.8) is 0 Å². The van der Waals surface area contributed by atoms with Crippen LogP contribution >= 0.6 is 11.6 Å². The Balaban J connectivity index is 1.87. The third-order valence-corrected chi connectivity index (χ3v) is 6.42. The number of hydrogen-bond acceptors (Lipinski definition) is 4. The van der Waals surface area contributed by atoms with Gasteiger partial charge in [-0.15, -0.1) is 0 Å². The molecule has 1 N–H and O–H groups in total. The van der Waals surface area contributed by atoms with Gasteiger partial charge < -0.3 is 5.32 Å². The minimum atomic E-state index is -0.899. The Morgan fingerprint density at radius 1 is 1.22 bits per heavy atom. The molecule has 5 nitrogen and oxygen atoms in total. The summed E-state index contributed by atoms with van der Waals surface area (Å²) in [5, 5.41) is 3.13. The molecule has 0 spiro atoms. The Morgan fingerprint density at radius 3 is 2.41 bits per heavy atom. The minimum Gasteiger partial charge on any atom is -0.351 e. The van der Waals surface area contributed by atoms with Crippen molar-refractivity contribution in [1.82, 2.24) is 10.3 Å². The fraction of sp³-hybridized carbons (Fsp3) is 0.440. The Labute approximate surface area is 192 Å². The zero-order valence-electron chi connectivity index (χ0n) is 19.0. The fourth-order valence-corrected chi connectivity index (χ4v) is 4.41. The molecule has 1 heterocycles. The molecule has 170 valence electrons. The number of amides is 1. The van der Waals surface area contributed by atoms with Crippen molar-refractivity contribution in [2.45, 2.75) is 65.3 Å². The molecule has 1 amide bonds. The normalized spacial score (nSPS) is 18.8. The molecule has 1 fully saturated rings. The van der Waals surface area contributed by atoms with Gasteiger partial charge in [-0.1, -0.05) is 18.5 Å². The van der Waals surface area contributed by atoms with Crippen LogP contribution in [0.25, 0.3) is 11.3 Å². The van der Waals surface area contributed by atoms with E-state index in [-0.39, 0.29) is 46.6 Å². The van der Waals surface area contributed by atoms with Crippen molar-refractivity contribution in [1.29, 1.82) is 0 Å². The van der Waals surface area contributed by atoms with E-state index in [0.29, 0.717) is 22.3 Å². The molecule has 2 atom stereocenters. The van der Waals surface area contributed by atoms with E-state index in [4.69, 9.17) is 11.6 Å². The Kier molecular flexibility index (Phi) is 6.84. The van der Waals surface area contributed by atoms with Crippen molar-refractivity contribution in [2.75, 3.05) is 0 Å². The molecule has 2 aromatic rings. The summed E-state index contributed by atoms with van der Waals surface area (Å²) in [5.41, 5.74) is 2.39. The second-order valence-electron chi connectivity index (χ2n) is 9.20. The molecule has 32 heavy (non-hydrogen) atoms. The van der Waals surface area contributed by atoms with Crippen LogP contribution in [0.2, 0.25) is 5.02 Å². The first-order chi connectivity index (χ1) is 14.9. The van der Waals surface area contributed by atoms with Gasteiger partial charge in [0.25, 0.3) is 0 Å². The number of pyridine rings is 1. The van der Waals surface area contributed by atoms with E-state index in [0.717, 1.165) is 6.42 Å². The summed E-state index contributed by atoms with van der Waals surface area (Å²) in [6.45, 7) is 9.40. The molecule has 0 radical (unpaired) electrons. The van der Waals surface area contributed by atoms with E-state index in [1.54, 1.807) is 26.0 Å². The van der Waals surface area contributed by atoms with Crippen LogP contribution in [0, 0.1) is 25.6 Å². The topological polar surface area (TPSA) is 76.1 Å². The predicted molar refractivity (Wildman–Crippen MR) is 122 cm³/mol. The van der Waals surface area contributed by atoms with Gasteiger partial charge in [-0.2, -0.15) is 0 Å². The van der Waals surface area contributed by atoms with Gasteiger partial charge in [-0.25, -0.2) is 4.39 Å². The van der Waals surface area contributed by atoms with Crippen LogP contribution in [0.5, 0.6) is 0 Å².